The number of thioether (sulfide) groups is 1. The van der Waals surface area contributed by atoms with Crippen LogP contribution in [0, 0.1) is 10.1 Å². The van der Waals surface area contributed by atoms with Gasteiger partial charge in [0.25, 0.3) is 5.69 Å². The maximum absolute atomic E-state index is 10.3. The summed E-state index contributed by atoms with van der Waals surface area (Å²) in [6.07, 6.45) is 3.11. The van der Waals surface area contributed by atoms with Gasteiger partial charge >= 0.3 is 0 Å². The first kappa shape index (κ1) is 9.47. The number of hydrogen-bond acceptors (Lipinski definition) is 4. The molecule has 0 amide bonds. The van der Waals surface area contributed by atoms with Crippen molar-refractivity contribution in [2.24, 2.45) is 0 Å². The first-order valence-electron chi connectivity index (χ1n) is 2.99. The lowest BCUT2D eigenvalue weighted by molar-refractivity contribution is -0.385. The molecule has 0 aliphatic carbocycles. The molecule has 0 aliphatic rings. The molecule has 6 heteroatoms. The Morgan fingerprint density at radius 3 is 2.83 bits per heavy atom. The summed E-state index contributed by atoms with van der Waals surface area (Å²) in [6.45, 7) is 0. The standard InChI is InChI=1S/C6H5BrN2O2S/c1-12-6-5(7)2-4(3-8-6)9(10)11/h2-3H,1H3. The summed E-state index contributed by atoms with van der Waals surface area (Å²) in [5.41, 5.74) is -0.000301. The number of halogens is 1. The number of pyridine rings is 1. The van der Waals surface area contributed by atoms with E-state index in [0.29, 0.717) is 4.47 Å². The Morgan fingerprint density at radius 1 is 1.75 bits per heavy atom. The van der Waals surface area contributed by atoms with E-state index >= 15 is 0 Å². The van der Waals surface area contributed by atoms with E-state index in [4.69, 9.17) is 0 Å². The van der Waals surface area contributed by atoms with Crippen LogP contribution in [0.2, 0.25) is 0 Å². The zero-order valence-electron chi connectivity index (χ0n) is 6.15. The second-order valence-corrected chi connectivity index (χ2v) is 3.59. The molecule has 12 heavy (non-hydrogen) atoms. The summed E-state index contributed by atoms with van der Waals surface area (Å²) in [6, 6.07) is 1.44. The first-order valence-corrected chi connectivity index (χ1v) is 5.01. The lowest BCUT2D eigenvalue weighted by Crippen LogP contribution is -1.90. The minimum absolute atomic E-state index is 0.000301. The van der Waals surface area contributed by atoms with Crippen LogP contribution in [0.3, 0.4) is 0 Å². The van der Waals surface area contributed by atoms with Crippen molar-refractivity contribution in [3.05, 3.63) is 26.9 Å². The Bertz CT molecular complexity index is 318. The fourth-order valence-electron chi connectivity index (χ4n) is 0.665. The molecule has 1 aromatic heterocycles. The van der Waals surface area contributed by atoms with Crippen molar-refractivity contribution in [2.45, 2.75) is 5.03 Å². The van der Waals surface area contributed by atoms with Gasteiger partial charge in [-0.25, -0.2) is 4.98 Å². The molecule has 0 aliphatic heterocycles. The van der Waals surface area contributed by atoms with Gasteiger partial charge in [0.05, 0.1) is 9.40 Å². The van der Waals surface area contributed by atoms with Crippen LogP contribution < -0.4 is 0 Å². The smallest absolute Gasteiger partial charge is 0.258 e. The molecule has 1 rings (SSSR count). The van der Waals surface area contributed by atoms with E-state index in [1.165, 1.54) is 24.0 Å². The van der Waals surface area contributed by atoms with E-state index in [-0.39, 0.29) is 5.69 Å². The van der Waals surface area contributed by atoms with Gasteiger partial charge in [0.2, 0.25) is 0 Å². The number of nitrogens with zero attached hydrogens (tertiary/aromatic N) is 2. The van der Waals surface area contributed by atoms with Crippen molar-refractivity contribution in [2.75, 3.05) is 6.26 Å². The Balaban J connectivity index is 3.10. The number of nitro groups is 1. The van der Waals surface area contributed by atoms with Gasteiger partial charge in [-0.2, -0.15) is 0 Å². The van der Waals surface area contributed by atoms with Gasteiger partial charge in [0.1, 0.15) is 11.2 Å². The minimum atomic E-state index is -0.470. The molecule has 0 atom stereocenters. The average Bonchev–Trinajstić information content (AvgIpc) is 2.04. The van der Waals surface area contributed by atoms with Gasteiger partial charge in [-0.15, -0.1) is 11.8 Å². The van der Waals surface area contributed by atoms with Crippen molar-refractivity contribution in [3.8, 4) is 0 Å². The van der Waals surface area contributed by atoms with Crippen LogP contribution in [0.5, 0.6) is 0 Å². The Kier molecular flexibility index (Phi) is 3.05. The normalized spacial score (nSPS) is 9.83. The van der Waals surface area contributed by atoms with Gasteiger partial charge in [-0.3, -0.25) is 10.1 Å². The minimum Gasteiger partial charge on any atom is -0.258 e. The highest BCUT2D eigenvalue weighted by molar-refractivity contribution is 9.10. The monoisotopic (exact) mass is 248 g/mol. The van der Waals surface area contributed by atoms with Crippen LogP contribution in [-0.4, -0.2) is 16.2 Å². The zero-order chi connectivity index (χ0) is 9.14. The second-order valence-electron chi connectivity index (χ2n) is 1.94. The van der Waals surface area contributed by atoms with E-state index in [1.54, 1.807) is 0 Å². The van der Waals surface area contributed by atoms with Crippen molar-refractivity contribution >= 4 is 33.4 Å². The predicted octanol–water partition coefficient (Wildman–Crippen LogP) is 2.47. The van der Waals surface area contributed by atoms with Crippen molar-refractivity contribution in [3.63, 3.8) is 0 Å². The fourth-order valence-corrected chi connectivity index (χ4v) is 1.90. The maximum Gasteiger partial charge on any atom is 0.288 e. The highest BCUT2D eigenvalue weighted by Gasteiger charge is 2.09. The topological polar surface area (TPSA) is 56.0 Å². The fraction of sp³-hybridized carbons (Fsp3) is 0.167. The summed E-state index contributed by atoms with van der Waals surface area (Å²) < 4.78 is 0.657. The van der Waals surface area contributed by atoms with Gasteiger partial charge < -0.3 is 0 Å². The quantitative estimate of drug-likeness (QED) is 0.459. The van der Waals surface area contributed by atoms with Crippen LogP contribution >= 0.6 is 27.7 Å². The van der Waals surface area contributed by atoms with Crippen LogP contribution in [0.25, 0.3) is 0 Å². The molecule has 0 aromatic carbocycles. The second kappa shape index (κ2) is 3.86. The molecular formula is C6H5BrN2O2S. The van der Waals surface area contributed by atoms with E-state index < -0.39 is 4.92 Å². The molecular weight excluding hydrogens is 244 g/mol. The first-order chi connectivity index (χ1) is 5.65. The third-order valence-electron chi connectivity index (χ3n) is 1.20. The summed E-state index contributed by atoms with van der Waals surface area (Å²) in [7, 11) is 0. The maximum atomic E-state index is 10.3. The number of hydrogen-bond donors (Lipinski definition) is 0. The molecule has 0 radical (unpaired) electrons. The van der Waals surface area contributed by atoms with E-state index in [1.807, 2.05) is 6.26 Å². The summed E-state index contributed by atoms with van der Waals surface area (Å²) in [4.78, 5) is 13.7. The van der Waals surface area contributed by atoms with Crippen molar-refractivity contribution in [1.82, 2.24) is 4.98 Å². The lowest BCUT2D eigenvalue weighted by Gasteiger charge is -1.97. The van der Waals surface area contributed by atoms with E-state index in [9.17, 15) is 10.1 Å². The molecule has 4 nitrogen and oxygen atoms in total. The molecule has 0 saturated heterocycles. The third kappa shape index (κ3) is 1.95. The molecule has 1 aromatic rings. The Morgan fingerprint density at radius 2 is 2.42 bits per heavy atom. The SMILES string of the molecule is CSc1ncc([N+](=O)[O-])cc1Br. The van der Waals surface area contributed by atoms with Crippen LogP contribution in [0.15, 0.2) is 21.8 Å². The Hall–Kier alpha value is -0.620. The van der Waals surface area contributed by atoms with Crippen LogP contribution in [0.4, 0.5) is 5.69 Å². The molecule has 0 spiro atoms. The zero-order valence-corrected chi connectivity index (χ0v) is 8.55. The molecule has 0 bridgehead atoms. The average molecular weight is 249 g/mol. The molecule has 0 saturated carbocycles. The largest absolute Gasteiger partial charge is 0.288 e. The molecule has 1 heterocycles. The summed E-state index contributed by atoms with van der Waals surface area (Å²) in [5.74, 6) is 0. The summed E-state index contributed by atoms with van der Waals surface area (Å²) >= 11 is 4.62. The van der Waals surface area contributed by atoms with Gasteiger partial charge in [-0.05, 0) is 22.2 Å². The van der Waals surface area contributed by atoms with Gasteiger partial charge in [0.15, 0.2) is 0 Å². The van der Waals surface area contributed by atoms with E-state index in [0.717, 1.165) is 5.03 Å². The predicted molar refractivity (Wildman–Crippen MR) is 50.4 cm³/mol. The molecule has 64 valence electrons. The summed E-state index contributed by atoms with van der Waals surface area (Å²) in [5, 5.41) is 11.0. The van der Waals surface area contributed by atoms with Gasteiger partial charge in [-0.1, -0.05) is 0 Å². The van der Waals surface area contributed by atoms with Crippen molar-refractivity contribution in [1.29, 1.82) is 0 Å². The van der Waals surface area contributed by atoms with Crippen LogP contribution in [-0.2, 0) is 0 Å². The number of rotatable bonds is 2. The third-order valence-corrected chi connectivity index (χ3v) is 2.78. The molecule has 0 fully saturated rings. The molecule has 0 N–H and O–H groups in total. The van der Waals surface area contributed by atoms with Gasteiger partial charge in [0, 0.05) is 6.07 Å². The number of aromatic nitrogens is 1. The Labute approximate surface area is 81.7 Å². The van der Waals surface area contributed by atoms with E-state index in [2.05, 4.69) is 20.9 Å². The highest BCUT2D eigenvalue weighted by Crippen LogP contribution is 2.26. The molecule has 0 unspecified atom stereocenters. The van der Waals surface area contributed by atoms with Crippen molar-refractivity contribution < 1.29 is 4.92 Å². The lowest BCUT2D eigenvalue weighted by atomic mass is 10.4. The highest BCUT2D eigenvalue weighted by atomic mass is 79.9. The van der Waals surface area contributed by atoms with Crippen LogP contribution in [0.1, 0.15) is 0 Å².